The van der Waals surface area contributed by atoms with Crippen LogP contribution in [0, 0.1) is 11.8 Å². The molecule has 0 bridgehead atoms. The van der Waals surface area contributed by atoms with E-state index in [9.17, 15) is 0 Å². The molecule has 0 aromatic rings. The number of rotatable bonds is 6. The fourth-order valence-electron chi connectivity index (χ4n) is 2.22. The van der Waals surface area contributed by atoms with E-state index >= 15 is 0 Å². The van der Waals surface area contributed by atoms with Crippen LogP contribution in [0.3, 0.4) is 0 Å². The highest BCUT2D eigenvalue weighted by Crippen LogP contribution is 2.29. The fourth-order valence-corrected chi connectivity index (χ4v) is 3.54. The summed E-state index contributed by atoms with van der Waals surface area (Å²) in [6.07, 6.45) is 5.42. The molecular formula is C12H28O2Si2. The third-order valence-electron chi connectivity index (χ3n) is 3.30. The molecule has 0 spiro atoms. The van der Waals surface area contributed by atoms with Crippen LogP contribution in [0.25, 0.3) is 0 Å². The van der Waals surface area contributed by atoms with Crippen molar-refractivity contribution in [1.82, 2.24) is 0 Å². The zero-order chi connectivity index (χ0) is 12.0. The van der Waals surface area contributed by atoms with Crippen molar-refractivity contribution in [2.24, 2.45) is 11.8 Å². The minimum absolute atomic E-state index is 0.803. The maximum absolute atomic E-state index is 5.83. The standard InChI is InChI=1S/C12H28O2Si2/c1-15(2)13-9-11-5-7-12(8-6-11)10-14-16(3)4/h11-12,15-16H,5-10H2,1-4H3. The molecule has 0 aromatic carbocycles. The Morgan fingerprint density at radius 2 is 1.06 bits per heavy atom. The molecule has 1 fully saturated rings. The molecule has 16 heavy (non-hydrogen) atoms. The summed E-state index contributed by atoms with van der Waals surface area (Å²) in [5.74, 6) is 1.67. The maximum Gasteiger partial charge on any atom is 0.170 e. The van der Waals surface area contributed by atoms with Crippen LogP contribution in [0.4, 0.5) is 0 Å². The first kappa shape index (κ1) is 14.4. The molecule has 0 radical (unpaired) electrons. The second-order valence-corrected chi connectivity index (χ2v) is 10.5. The lowest BCUT2D eigenvalue weighted by Crippen LogP contribution is -2.25. The van der Waals surface area contributed by atoms with Crippen LogP contribution >= 0.6 is 0 Å². The van der Waals surface area contributed by atoms with Gasteiger partial charge in [0.05, 0.1) is 0 Å². The molecule has 1 rings (SSSR count). The van der Waals surface area contributed by atoms with Gasteiger partial charge in [0, 0.05) is 13.2 Å². The zero-order valence-electron chi connectivity index (χ0n) is 11.4. The van der Waals surface area contributed by atoms with Crippen LogP contribution < -0.4 is 0 Å². The van der Waals surface area contributed by atoms with Crippen molar-refractivity contribution in [1.29, 1.82) is 0 Å². The van der Waals surface area contributed by atoms with Crippen molar-refractivity contribution in [3.8, 4) is 0 Å². The van der Waals surface area contributed by atoms with Crippen LogP contribution in [-0.4, -0.2) is 31.3 Å². The monoisotopic (exact) mass is 260 g/mol. The second kappa shape index (κ2) is 7.64. The summed E-state index contributed by atoms with van der Waals surface area (Å²) in [6.45, 7) is 11.1. The summed E-state index contributed by atoms with van der Waals surface area (Å²) in [5.41, 5.74) is 0. The van der Waals surface area contributed by atoms with E-state index in [-0.39, 0.29) is 0 Å². The van der Waals surface area contributed by atoms with Crippen molar-refractivity contribution < 1.29 is 8.85 Å². The average molecular weight is 261 g/mol. The summed E-state index contributed by atoms with van der Waals surface area (Å²) in [5, 5.41) is 0. The lowest BCUT2D eigenvalue weighted by Gasteiger charge is -2.29. The summed E-state index contributed by atoms with van der Waals surface area (Å²) >= 11 is 0. The summed E-state index contributed by atoms with van der Waals surface area (Å²) in [6, 6.07) is 0. The predicted octanol–water partition coefficient (Wildman–Crippen LogP) is 2.79. The molecule has 0 aromatic heterocycles. The van der Waals surface area contributed by atoms with E-state index < -0.39 is 18.1 Å². The largest absolute Gasteiger partial charge is 0.420 e. The zero-order valence-corrected chi connectivity index (χ0v) is 13.7. The maximum atomic E-state index is 5.83. The van der Waals surface area contributed by atoms with Crippen molar-refractivity contribution in [3.05, 3.63) is 0 Å². The van der Waals surface area contributed by atoms with Gasteiger partial charge >= 0.3 is 0 Å². The Hall–Kier alpha value is 0.354. The van der Waals surface area contributed by atoms with Gasteiger partial charge in [0.1, 0.15) is 0 Å². The van der Waals surface area contributed by atoms with E-state index in [2.05, 4.69) is 26.2 Å². The molecule has 4 heteroatoms. The molecule has 0 saturated heterocycles. The summed E-state index contributed by atoms with van der Waals surface area (Å²) in [7, 11) is -1.61. The van der Waals surface area contributed by atoms with Gasteiger partial charge in [-0.2, -0.15) is 0 Å². The highest BCUT2D eigenvalue weighted by molar-refractivity contribution is 6.48. The van der Waals surface area contributed by atoms with Crippen LogP contribution in [0.5, 0.6) is 0 Å². The van der Waals surface area contributed by atoms with Gasteiger partial charge in [0.25, 0.3) is 0 Å². The molecule has 1 saturated carbocycles. The highest BCUT2D eigenvalue weighted by atomic mass is 28.3. The van der Waals surface area contributed by atoms with E-state index in [4.69, 9.17) is 8.85 Å². The number of hydrogen-bond donors (Lipinski definition) is 0. The average Bonchev–Trinajstić information content (AvgIpc) is 2.25. The molecule has 0 N–H and O–H groups in total. The van der Waals surface area contributed by atoms with Gasteiger partial charge in [-0.1, -0.05) is 0 Å². The smallest absolute Gasteiger partial charge is 0.170 e. The van der Waals surface area contributed by atoms with Gasteiger partial charge in [-0.3, -0.25) is 0 Å². The molecule has 0 unspecified atom stereocenters. The van der Waals surface area contributed by atoms with Crippen molar-refractivity contribution in [2.45, 2.75) is 51.9 Å². The van der Waals surface area contributed by atoms with E-state index in [1.54, 1.807) is 0 Å². The van der Waals surface area contributed by atoms with E-state index in [0.29, 0.717) is 0 Å². The molecule has 0 amide bonds. The summed E-state index contributed by atoms with van der Waals surface area (Å²) < 4.78 is 11.7. The minimum Gasteiger partial charge on any atom is -0.420 e. The van der Waals surface area contributed by atoms with Crippen LogP contribution in [0.1, 0.15) is 25.7 Å². The number of hydrogen-bond acceptors (Lipinski definition) is 2. The first-order valence-electron chi connectivity index (χ1n) is 6.81. The van der Waals surface area contributed by atoms with Gasteiger partial charge in [-0.15, -0.1) is 0 Å². The van der Waals surface area contributed by atoms with Crippen LogP contribution in [0.15, 0.2) is 0 Å². The Morgan fingerprint density at radius 3 is 1.31 bits per heavy atom. The highest BCUT2D eigenvalue weighted by Gasteiger charge is 2.21. The third-order valence-corrected chi connectivity index (χ3v) is 5.02. The SMILES string of the molecule is C[SiH](C)OCC1CCC(CO[SiH](C)C)CC1. The Balaban J connectivity index is 2.09. The molecule has 1 aliphatic rings. The molecule has 96 valence electrons. The molecule has 0 heterocycles. The molecular weight excluding hydrogens is 232 g/mol. The normalized spacial score (nSPS) is 26.6. The van der Waals surface area contributed by atoms with Crippen molar-refractivity contribution in [3.63, 3.8) is 0 Å². The van der Waals surface area contributed by atoms with Crippen molar-refractivity contribution >= 4 is 18.1 Å². The Labute approximate surface area is 104 Å². The fraction of sp³-hybridized carbons (Fsp3) is 1.00. The molecule has 0 atom stereocenters. The van der Waals surface area contributed by atoms with Crippen molar-refractivity contribution in [2.75, 3.05) is 13.2 Å². The van der Waals surface area contributed by atoms with Gasteiger partial charge in [0.15, 0.2) is 18.1 Å². The van der Waals surface area contributed by atoms with Gasteiger partial charge in [0.2, 0.25) is 0 Å². The third kappa shape index (κ3) is 6.18. The van der Waals surface area contributed by atoms with E-state index in [0.717, 1.165) is 25.0 Å². The minimum atomic E-state index is -0.803. The topological polar surface area (TPSA) is 18.5 Å². The first-order valence-corrected chi connectivity index (χ1v) is 12.4. The predicted molar refractivity (Wildman–Crippen MR) is 75.1 cm³/mol. The quantitative estimate of drug-likeness (QED) is 0.684. The van der Waals surface area contributed by atoms with Crippen LogP contribution in [0.2, 0.25) is 26.2 Å². The lowest BCUT2D eigenvalue weighted by atomic mass is 9.83. The van der Waals surface area contributed by atoms with Gasteiger partial charge in [-0.05, 0) is 63.7 Å². The first-order chi connectivity index (χ1) is 7.58. The van der Waals surface area contributed by atoms with Gasteiger partial charge < -0.3 is 8.85 Å². The van der Waals surface area contributed by atoms with E-state index in [1.807, 2.05) is 0 Å². The molecule has 1 aliphatic carbocycles. The van der Waals surface area contributed by atoms with E-state index in [1.165, 1.54) is 25.7 Å². The summed E-state index contributed by atoms with van der Waals surface area (Å²) in [4.78, 5) is 0. The molecule has 2 nitrogen and oxygen atoms in total. The van der Waals surface area contributed by atoms with Gasteiger partial charge in [-0.25, -0.2) is 0 Å². The Morgan fingerprint density at radius 1 is 0.750 bits per heavy atom. The Bertz CT molecular complexity index is 158. The lowest BCUT2D eigenvalue weighted by molar-refractivity contribution is 0.149. The second-order valence-electron chi connectivity index (χ2n) is 5.65. The molecule has 0 aliphatic heterocycles. The van der Waals surface area contributed by atoms with Crippen LogP contribution in [-0.2, 0) is 8.85 Å². The Kier molecular flexibility index (Phi) is 6.88.